The molecule has 118 valence electrons. The number of imidazole rings is 1. The van der Waals surface area contributed by atoms with Crippen LogP contribution in [0, 0.1) is 6.92 Å². The highest BCUT2D eigenvalue weighted by Gasteiger charge is 2.22. The Bertz CT molecular complexity index is 659. The summed E-state index contributed by atoms with van der Waals surface area (Å²) >= 11 is 0. The van der Waals surface area contributed by atoms with E-state index in [1.165, 1.54) is 0 Å². The normalized spacial score (nSPS) is 20.7. The topological polar surface area (TPSA) is 65.3 Å². The summed E-state index contributed by atoms with van der Waals surface area (Å²) in [7, 11) is 0. The van der Waals surface area contributed by atoms with Gasteiger partial charge in [0.25, 0.3) is 0 Å². The van der Waals surface area contributed by atoms with Gasteiger partial charge in [-0.1, -0.05) is 0 Å². The monoisotopic (exact) mass is 303 g/mol. The quantitative estimate of drug-likeness (QED) is 0.834. The van der Waals surface area contributed by atoms with Crippen molar-refractivity contribution >= 4 is 17.1 Å². The number of hydrogen-bond acceptors (Lipinski definition) is 6. The van der Waals surface area contributed by atoms with E-state index < -0.39 is 0 Å². The molecule has 4 heterocycles. The molecule has 0 radical (unpaired) electrons. The van der Waals surface area contributed by atoms with Crippen molar-refractivity contribution < 1.29 is 9.47 Å². The molecule has 0 spiro atoms. The van der Waals surface area contributed by atoms with E-state index in [9.17, 15) is 0 Å². The third kappa shape index (κ3) is 2.44. The van der Waals surface area contributed by atoms with Gasteiger partial charge in [-0.3, -0.25) is 0 Å². The van der Waals surface area contributed by atoms with Crippen molar-refractivity contribution in [3.05, 3.63) is 12.0 Å². The molecule has 2 aliphatic heterocycles. The van der Waals surface area contributed by atoms with Gasteiger partial charge < -0.3 is 18.9 Å². The zero-order chi connectivity index (χ0) is 14.9. The van der Waals surface area contributed by atoms with Crippen molar-refractivity contribution in [3.8, 4) is 0 Å². The molecule has 7 nitrogen and oxygen atoms in total. The lowest BCUT2D eigenvalue weighted by atomic mass is 10.1. The zero-order valence-corrected chi connectivity index (χ0v) is 12.9. The van der Waals surface area contributed by atoms with E-state index >= 15 is 0 Å². The third-order valence-corrected chi connectivity index (χ3v) is 4.46. The van der Waals surface area contributed by atoms with E-state index in [-0.39, 0.29) is 0 Å². The summed E-state index contributed by atoms with van der Waals surface area (Å²) in [6.45, 7) is 6.79. The first-order valence-corrected chi connectivity index (χ1v) is 7.94. The van der Waals surface area contributed by atoms with Crippen LogP contribution >= 0.6 is 0 Å². The number of rotatable bonds is 2. The van der Waals surface area contributed by atoms with Gasteiger partial charge >= 0.3 is 0 Å². The third-order valence-electron chi connectivity index (χ3n) is 4.46. The zero-order valence-electron chi connectivity index (χ0n) is 12.9. The van der Waals surface area contributed by atoms with Crippen LogP contribution in [-0.4, -0.2) is 59.0 Å². The Morgan fingerprint density at radius 1 is 1.05 bits per heavy atom. The minimum Gasteiger partial charge on any atom is -0.381 e. The second kappa shape index (κ2) is 5.81. The lowest BCUT2D eigenvalue weighted by molar-refractivity contribution is 0.0704. The highest BCUT2D eigenvalue weighted by atomic mass is 16.5. The van der Waals surface area contributed by atoms with Gasteiger partial charge in [0.15, 0.2) is 5.65 Å². The number of hydrogen-bond donors (Lipinski definition) is 0. The maximum atomic E-state index is 5.46. The lowest BCUT2D eigenvalue weighted by Gasteiger charge is -2.27. The van der Waals surface area contributed by atoms with Gasteiger partial charge in [-0.05, 0) is 19.8 Å². The first kappa shape index (κ1) is 13.9. The first-order valence-electron chi connectivity index (χ1n) is 7.94. The molecule has 2 fully saturated rings. The molecule has 0 saturated carbocycles. The van der Waals surface area contributed by atoms with Crippen molar-refractivity contribution in [1.29, 1.82) is 0 Å². The van der Waals surface area contributed by atoms with Crippen molar-refractivity contribution in [2.75, 3.05) is 44.4 Å². The molecule has 0 bridgehead atoms. The summed E-state index contributed by atoms with van der Waals surface area (Å²) in [4.78, 5) is 16.2. The van der Waals surface area contributed by atoms with Crippen molar-refractivity contribution in [1.82, 2.24) is 19.5 Å². The molecule has 2 aromatic heterocycles. The van der Waals surface area contributed by atoms with Gasteiger partial charge in [-0.15, -0.1) is 0 Å². The van der Waals surface area contributed by atoms with Crippen LogP contribution in [0.15, 0.2) is 6.33 Å². The van der Waals surface area contributed by atoms with Crippen molar-refractivity contribution in [3.63, 3.8) is 0 Å². The summed E-state index contributed by atoms with van der Waals surface area (Å²) in [6, 6.07) is 0.422. The fourth-order valence-electron chi connectivity index (χ4n) is 3.18. The summed E-state index contributed by atoms with van der Waals surface area (Å²) < 4.78 is 13.1. The maximum Gasteiger partial charge on any atom is 0.227 e. The Balaban J connectivity index is 1.74. The average molecular weight is 303 g/mol. The standard InChI is InChI=1S/C15H21N5O2/c1-11-13-14(18-15(17-11)19-4-8-22-9-5-19)20(10-16-13)12-2-6-21-7-3-12/h10,12H,2-9H2,1H3. The van der Waals surface area contributed by atoms with Crippen LogP contribution in [0.2, 0.25) is 0 Å². The molecular weight excluding hydrogens is 282 g/mol. The molecule has 22 heavy (non-hydrogen) atoms. The first-order chi connectivity index (χ1) is 10.8. The van der Waals surface area contributed by atoms with E-state index in [1.54, 1.807) is 0 Å². The summed E-state index contributed by atoms with van der Waals surface area (Å²) in [5, 5.41) is 0. The molecule has 0 N–H and O–H groups in total. The molecule has 2 saturated heterocycles. The van der Waals surface area contributed by atoms with Crippen molar-refractivity contribution in [2.45, 2.75) is 25.8 Å². The molecular formula is C15H21N5O2. The minimum atomic E-state index is 0.422. The largest absolute Gasteiger partial charge is 0.381 e. The van der Waals surface area contributed by atoms with Crippen LogP contribution in [0.25, 0.3) is 11.2 Å². The van der Waals surface area contributed by atoms with Crippen LogP contribution < -0.4 is 4.90 Å². The predicted octanol–water partition coefficient (Wildman–Crippen LogP) is 1.32. The molecule has 2 aromatic rings. The summed E-state index contributed by atoms with van der Waals surface area (Å²) in [5.41, 5.74) is 2.79. The second-order valence-corrected chi connectivity index (χ2v) is 5.88. The average Bonchev–Trinajstić information content (AvgIpc) is 3.01. The van der Waals surface area contributed by atoms with Gasteiger partial charge in [-0.25, -0.2) is 9.97 Å². The molecule has 0 amide bonds. The van der Waals surface area contributed by atoms with Crippen LogP contribution in [0.4, 0.5) is 5.95 Å². The number of anilines is 1. The fraction of sp³-hybridized carbons (Fsp3) is 0.667. The second-order valence-electron chi connectivity index (χ2n) is 5.88. The maximum absolute atomic E-state index is 5.46. The highest BCUT2D eigenvalue weighted by Crippen LogP contribution is 2.26. The molecule has 0 unspecified atom stereocenters. The van der Waals surface area contributed by atoms with Crippen molar-refractivity contribution in [2.24, 2.45) is 0 Å². The van der Waals surface area contributed by atoms with E-state index in [1.807, 2.05) is 13.3 Å². The van der Waals surface area contributed by atoms with Gasteiger partial charge in [0, 0.05) is 32.3 Å². The van der Waals surface area contributed by atoms with Crippen LogP contribution in [-0.2, 0) is 9.47 Å². The van der Waals surface area contributed by atoms with Gasteiger partial charge in [0.1, 0.15) is 5.52 Å². The van der Waals surface area contributed by atoms with E-state index in [0.717, 1.165) is 75.2 Å². The number of aryl methyl sites for hydroxylation is 1. The predicted molar refractivity (Wildman–Crippen MR) is 82.2 cm³/mol. The van der Waals surface area contributed by atoms with E-state index in [0.29, 0.717) is 6.04 Å². The van der Waals surface area contributed by atoms with Crippen LogP contribution in [0.5, 0.6) is 0 Å². The van der Waals surface area contributed by atoms with Gasteiger partial charge in [-0.2, -0.15) is 4.98 Å². The molecule has 0 aromatic carbocycles. The number of ether oxygens (including phenoxy) is 2. The summed E-state index contributed by atoms with van der Waals surface area (Å²) in [5.74, 6) is 0.794. The Morgan fingerprint density at radius 3 is 2.55 bits per heavy atom. The lowest BCUT2D eigenvalue weighted by Crippen LogP contribution is -2.37. The van der Waals surface area contributed by atoms with Gasteiger partial charge in [0.2, 0.25) is 5.95 Å². The van der Waals surface area contributed by atoms with Crippen LogP contribution in [0.1, 0.15) is 24.6 Å². The number of fused-ring (bicyclic) bond motifs is 1. The Morgan fingerprint density at radius 2 is 1.77 bits per heavy atom. The summed E-state index contributed by atoms with van der Waals surface area (Å²) in [6.07, 6.45) is 3.94. The highest BCUT2D eigenvalue weighted by molar-refractivity contribution is 5.75. The number of nitrogens with zero attached hydrogens (tertiary/aromatic N) is 5. The molecule has 2 aliphatic rings. The van der Waals surface area contributed by atoms with E-state index in [2.05, 4.69) is 19.4 Å². The molecule has 7 heteroatoms. The molecule has 0 aliphatic carbocycles. The Labute approximate surface area is 129 Å². The Hall–Kier alpha value is -1.73. The number of morpholine rings is 1. The molecule has 4 rings (SSSR count). The fourth-order valence-corrected chi connectivity index (χ4v) is 3.18. The number of aromatic nitrogens is 4. The van der Waals surface area contributed by atoms with Gasteiger partial charge in [0.05, 0.1) is 25.2 Å². The SMILES string of the molecule is Cc1nc(N2CCOCC2)nc2c1ncn2C1CCOCC1. The van der Waals surface area contributed by atoms with E-state index in [4.69, 9.17) is 14.5 Å². The Kier molecular flexibility index (Phi) is 3.67. The minimum absolute atomic E-state index is 0.422. The smallest absolute Gasteiger partial charge is 0.227 e. The molecule has 0 atom stereocenters. The van der Waals surface area contributed by atoms with Crippen LogP contribution in [0.3, 0.4) is 0 Å².